The summed E-state index contributed by atoms with van der Waals surface area (Å²) in [5.41, 5.74) is 2.52. The zero-order chi connectivity index (χ0) is 12.0. The molecule has 0 bridgehead atoms. The Hall–Kier alpha value is -0.670. The van der Waals surface area contributed by atoms with Gasteiger partial charge in [-0.25, -0.2) is 4.98 Å². The first-order valence-electron chi connectivity index (χ1n) is 5.96. The molecule has 2 nitrogen and oxygen atoms in total. The average molecular weight is 238 g/mol. The van der Waals surface area contributed by atoms with Crippen LogP contribution in [0.2, 0.25) is 0 Å². The molecule has 0 fully saturated rings. The van der Waals surface area contributed by atoms with Crippen LogP contribution in [-0.4, -0.2) is 17.6 Å². The highest BCUT2D eigenvalue weighted by atomic mass is 32.1. The highest BCUT2D eigenvalue weighted by molar-refractivity contribution is 7.09. The smallest absolute Gasteiger partial charge is 0.0897 e. The second kappa shape index (κ2) is 6.81. The third-order valence-electron chi connectivity index (χ3n) is 2.65. The van der Waals surface area contributed by atoms with Crippen LogP contribution in [-0.2, 0) is 6.42 Å². The van der Waals surface area contributed by atoms with Crippen LogP contribution in [0.4, 0.5) is 0 Å². The summed E-state index contributed by atoms with van der Waals surface area (Å²) in [6, 6.07) is 0.485. The van der Waals surface area contributed by atoms with Gasteiger partial charge in [0, 0.05) is 17.8 Å². The Kier molecular flexibility index (Phi) is 5.71. The van der Waals surface area contributed by atoms with Crippen molar-refractivity contribution in [3.05, 3.63) is 28.2 Å². The van der Waals surface area contributed by atoms with E-state index in [-0.39, 0.29) is 0 Å². The quantitative estimate of drug-likeness (QED) is 0.737. The molecule has 0 saturated heterocycles. The van der Waals surface area contributed by atoms with Gasteiger partial charge < -0.3 is 5.32 Å². The summed E-state index contributed by atoms with van der Waals surface area (Å²) in [5.74, 6) is 0. The van der Waals surface area contributed by atoms with Gasteiger partial charge in [0.2, 0.25) is 0 Å². The Morgan fingerprint density at radius 1 is 1.56 bits per heavy atom. The van der Waals surface area contributed by atoms with Crippen LogP contribution >= 0.6 is 11.3 Å². The number of aryl methyl sites for hydroxylation is 1. The maximum absolute atomic E-state index is 4.51. The zero-order valence-corrected chi connectivity index (χ0v) is 11.4. The molecule has 0 aliphatic heterocycles. The van der Waals surface area contributed by atoms with Gasteiger partial charge in [-0.1, -0.05) is 26.0 Å². The molecule has 1 aromatic heterocycles. The first kappa shape index (κ1) is 13.4. The van der Waals surface area contributed by atoms with Crippen molar-refractivity contribution in [3.8, 4) is 0 Å². The minimum absolute atomic E-state index is 0.485. The third kappa shape index (κ3) is 4.45. The van der Waals surface area contributed by atoms with Crippen LogP contribution in [0.25, 0.3) is 0 Å². The van der Waals surface area contributed by atoms with E-state index in [1.54, 1.807) is 11.3 Å². The van der Waals surface area contributed by atoms with E-state index >= 15 is 0 Å². The number of nitrogens with zero attached hydrogens (tertiary/aromatic N) is 1. The fourth-order valence-electron chi connectivity index (χ4n) is 1.75. The molecular weight excluding hydrogens is 216 g/mol. The van der Waals surface area contributed by atoms with Crippen molar-refractivity contribution in [2.45, 2.75) is 46.1 Å². The lowest BCUT2D eigenvalue weighted by atomic mass is 10.0. The molecule has 3 heteroatoms. The molecule has 1 N–H and O–H groups in total. The molecule has 0 aromatic carbocycles. The Morgan fingerprint density at radius 2 is 2.31 bits per heavy atom. The van der Waals surface area contributed by atoms with Gasteiger partial charge in [0.05, 0.1) is 10.7 Å². The van der Waals surface area contributed by atoms with Crippen LogP contribution in [0.15, 0.2) is 17.5 Å². The Bertz CT molecular complexity index is 330. The molecular formula is C13H22N2S. The lowest BCUT2D eigenvalue weighted by Crippen LogP contribution is -2.31. The van der Waals surface area contributed by atoms with Gasteiger partial charge in [-0.3, -0.25) is 0 Å². The highest BCUT2D eigenvalue weighted by Gasteiger charge is 2.11. The van der Waals surface area contributed by atoms with E-state index < -0.39 is 0 Å². The number of aromatic nitrogens is 1. The largest absolute Gasteiger partial charge is 0.314 e. The fraction of sp³-hybridized carbons (Fsp3) is 0.615. The van der Waals surface area contributed by atoms with Crippen LogP contribution in [0.1, 0.15) is 37.4 Å². The summed E-state index contributed by atoms with van der Waals surface area (Å²) in [6.07, 6.45) is 3.14. The molecule has 0 aliphatic rings. The van der Waals surface area contributed by atoms with E-state index in [9.17, 15) is 0 Å². The van der Waals surface area contributed by atoms with Crippen molar-refractivity contribution in [1.29, 1.82) is 0 Å². The van der Waals surface area contributed by atoms with Gasteiger partial charge in [-0.15, -0.1) is 11.3 Å². The molecule has 16 heavy (non-hydrogen) atoms. The van der Waals surface area contributed by atoms with Crippen molar-refractivity contribution in [3.63, 3.8) is 0 Å². The van der Waals surface area contributed by atoms with E-state index in [2.05, 4.69) is 43.0 Å². The Labute approximate surface area is 103 Å². The summed E-state index contributed by atoms with van der Waals surface area (Å²) in [6.45, 7) is 11.5. The Morgan fingerprint density at radius 3 is 2.81 bits per heavy atom. The van der Waals surface area contributed by atoms with Crippen molar-refractivity contribution in [2.24, 2.45) is 0 Å². The van der Waals surface area contributed by atoms with Gasteiger partial charge in [-0.2, -0.15) is 0 Å². The molecule has 1 atom stereocenters. The first-order chi connectivity index (χ1) is 7.65. The van der Waals surface area contributed by atoms with Crippen molar-refractivity contribution in [1.82, 2.24) is 10.3 Å². The van der Waals surface area contributed by atoms with Crippen molar-refractivity contribution < 1.29 is 0 Å². The molecule has 1 aromatic rings. The van der Waals surface area contributed by atoms with Gasteiger partial charge in [0.25, 0.3) is 0 Å². The normalized spacial score (nSPS) is 12.7. The maximum atomic E-state index is 4.51. The molecule has 0 aliphatic carbocycles. The molecule has 1 heterocycles. The standard InChI is InChI=1S/C13H22N2S/c1-5-10(3)7-12(14-6-2)8-13-9-16-11(4)15-13/h9,12,14H,3,5-8H2,1-2,4H3. The third-order valence-corrected chi connectivity index (χ3v) is 3.47. The topological polar surface area (TPSA) is 24.9 Å². The molecule has 1 unspecified atom stereocenters. The fourth-order valence-corrected chi connectivity index (χ4v) is 2.38. The van der Waals surface area contributed by atoms with E-state index in [4.69, 9.17) is 0 Å². The van der Waals surface area contributed by atoms with Gasteiger partial charge >= 0.3 is 0 Å². The highest BCUT2D eigenvalue weighted by Crippen LogP contribution is 2.14. The maximum Gasteiger partial charge on any atom is 0.0897 e. The molecule has 0 saturated carbocycles. The van der Waals surface area contributed by atoms with Crippen molar-refractivity contribution >= 4 is 11.3 Å². The SMILES string of the molecule is C=C(CC)CC(Cc1csc(C)n1)NCC. The predicted octanol–water partition coefficient (Wildman–Crippen LogP) is 3.33. The van der Waals surface area contributed by atoms with Crippen LogP contribution in [0.3, 0.4) is 0 Å². The van der Waals surface area contributed by atoms with E-state index in [0.717, 1.165) is 30.8 Å². The molecule has 1 rings (SSSR count). The van der Waals surface area contributed by atoms with E-state index in [1.807, 2.05) is 0 Å². The minimum atomic E-state index is 0.485. The number of hydrogen-bond donors (Lipinski definition) is 1. The first-order valence-corrected chi connectivity index (χ1v) is 6.84. The summed E-state index contributed by atoms with van der Waals surface area (Å²) in [5, 5.41) is 6.82. The van der Waals surface area contributed by atoms with E-state index in [0.29, 0.717) is 6.04 Å². The molecule has 0 spiro atoms. The van der Waals surface area contributed by atoms with Gasteiger partial charge in [0.15, 0.2) is 0 Å². The second-order valence-electron chi connectivity index (χ2n) is 4.12. The van der Waals surface area contributed by atoms with Crippen LogP contribution in [0, 0.1) is 6.92 Å². The van der Waals surface area contributed by atoms with Crippen LogP contribution < -0.4 is 5.32 Å². The molecule has 0 radical (unpaired) electrons. The van der Waals surface area contributed by atoms with Crippen molar-refractivity contribution in [2.75, 3.05) is 6.54 Å². The lowest BCUT2D eigenvalue weighted by Gasteiger charge is -2.17. The molecule has 90 valence electrons. The summed E-state index contributed by atoms with van der Waals surface area (Å²) >= 11 is 1.73. The summed E-state index contributed by atoms with van der Waals surface area (Å²) in [4.78, 5) is 4.51. The number of nitrogens with one attached hydrogen (secondary N) is 1. The number of rotatable bonds is 7. The summed E-state index contributed by atoms with van der Waals surface area (Å²) < 4.78 is 0. The van der Waals surface area contributed by atoms with Gasteiger partial charge in [0.1, 0.15) is 0 Å². The minimum Gasteiger partial charge on any atom is -0.314 e. The zero-order valence-electron chi connectivity index (χ0n) is 10.5. The average Bonchev–Trinajstić information content (AvgIpc) is 2.64. The Balaban J connectivity index is 2.53. The summed E-state index contributed by atoms with van der Waals surface area (Å²) in [7, 11) is 0. The molecule has 0 amide bonds. The van der Waals surface area contributed by atoms with Gasteiger partial charge in [-0.05, 0) is 26.3 Å². The monoisotopic (exact) mass is 238 g/mol. The van der Waals surface area contributed by atoms with Crippen LogP contribution in [0.5, 0.6) is 0 Å². The number of hydrogen-bond acceptors (Lipinski definition) is 3. The number of thiazole rings is 1. The predicted molar refractivity (Wildman–Crippen MR) is 72.1 cm³/mol. The lowest BCUT2D eigenvalue weighted by molar-refractivity contribution is 0.512. The number of likely N-dealkylation sites (N-methyl/N-ethyl adjacent to an activating group) is 1. The van der Waals surface area contributed by atoms with E-state index in [1.165, 1.54) is 11.3 Å². The second-order valence-corrected chi connectivity index (χ2v) is 5.19.